The van der Waals surface area contributed by atoms with E-state index in [1.165, 1.54) is 0 Å². The topological polar surface area (TPSA) is 78.9 Å². The lowest BCUT2D eigenvalue weighted by atomic mass is 9.77. The highest BCUT2D eigenvalue weighted by atomic mass is 16.4. The Morgan fingerprint density at radius 1 is 1.40 bits per heavy atom. The fraction of sp³-hybridized carbons (Fsp3) is 0.867. The van der Waals surface area contributed by atoms with E-state index in [0.717, 1.165) is 32.1 Å². The van der Waals surface area contributed by atoms with Gasteiger partial charge in [-0.05, 0) is 32.1 Å². The molecule has 3 N–H and O–H groups in total. The number of hydrogen-bond acceptors (Lipinski definition) is 3. The molecule has 0 spiro atoms. The molecule has 1 saturated carbocycles. The van der Waals surface area contributed by atoms with E-state index in [-0.39, 0.29) is 17.2 Å². The van der Waals surface area contributed by atoms with Gasteiger partial charge in [-0.1, -0.05) is 31.8 Å². The number of carbonyl (C=O) groups excluding carboxylic acids is 1. The standard InChI is InChI=1S/C15H29N3O2/c1-4-18(10-7-13(16)17-20)14(19)15(11-12(2)3)8-5-6-9-15/h12,20H,4-11H2,1-3H3,(H2,16,17). The molecule has 0 heterocycles. The lowest BCUT2D eigenvalue weighted by molar-refractivity contribution is -0.142. The van der Waals surface area contributed by atoms with Gasteiger partial charge < -0.3 is 15.8 Å². The number of nitrogens with two attached hydrogens (primary N) is 1. The molecule has 1 aliphatic rings. The largest absolute Gasteiger partial charge is 0.409 e. The average Bonchev–Trinajstić information content (AvgIpc) is 2.87. The molecule has 5 heteroatoms. The van der Waals surface area contributed by atoms with Crippen LogP contribution in [-0.4, -0.2) is 34.9 Å². The Morgan fingerprint density at radius 2 is 2.00 bits per heavy atom. The molecule has 5 nitrogen and oxygen atoms in total. The summed E-state index contributed by atoms with van der Waals surface area (Å²) in [7, 11) is 0. The molecule has 20 heavy (non-hydrogen) atoms. The molecular formula is C15H29N3O2. The number of amidine groups is 1. The van der Waals surface area contributed by atoms with Gasteiger partial charge in [0.15, 0.2) is 0 Å². The lowest BCUT2D eigenvalue weighted by Gasteiger charge is -2.35. The van der Waals surface area contributed by atoms with Crippen molar-refractivity contribution in [3.8, 4) is 0 Å². The van der Waals surface area contributed by atoms with Gasteiger partial charge in [0.25, 0.3) is 0 Å². The molecule has 1 aliphatic carbocycles. The van der Waals surface area contributed by atoms with E-state index in [1.54, 1.807) is 0 Å². The Balaban J connectivity index is 2.76. The van der Waals surface area contributed by atoms with Crippen LogP contribution in [0.1, 0.15) is 59.3 Å². The smallest absolute Gasteiger partial charge is 0.228 e. The van der Waals surface area contributed by atoms with E-state index in [0.29, 0.717) is 25.4 Å². The molecule has 0 bridgehead atoms. The Bertz CT molecular complexity index is 347. The van der Waals surface area contributed by atoms with Crippen LogP contribution in [-0.2, 0) is 4.79 Å². The van der Waals surface area contributed by atoms with Gasteiger partial charge in [-0.25, -0.2) is 0 Å². The number of oxime groups is 1. The van der Waals surface area contributed by atoms with E-state index in [2.05, 4.69) is 19.0 Å². The summed E-state index contributed by atoms with van der Waals surface area (Å²) in [5.41, 5.74) is 5.33. The monoisotopic (exact) mass is 283 g/mol. The van der Waals surface area contributed by atoms with E-state index in [9.17, 15) is 4.79 Å². The van der Waals surface area contributed by atoms with Crippen LogP contribution < -0.4 is 5.73 Å². The highest BCUT2D eigenvalue weighted by Crippen LogP contribution is 2.44. The molecule has 1 amide bonds. The first-order chi connectivity index (χ1) is 9.45. The van der Waals surface area contributed by atoms with Crippen LogP contribution in [0.3, 0.4) is 0 Å². The fourth-order valence-electron chi connectivity index (χ4n) is 3.38. The summed E-state index contributed by atoms with van der Waals surface area (Å²) in [6, 6.07) is 0. The van der Waals surface area contributed by atoms with Crippen molar-refractivity contribution in [1.29, 1.82) is 0 Å². The van der Waals surface area contributed by atoms with Gasteiger partial charge in [-0.3, -0.25) is 4.79 Å². The van der Waals surface area contributed by atoms with Crippen LogP contribution in [0.2, 0.25) is 0 Å². The second-order valence-corrected chi connectivity index (χ2v) is 6.31. The van der Waals surface area contributed by atoms with Crippen LogP contribution in [0.4, 0.5) is 0 Å². The van der Waals surface area contributed by atoms with E-state index < -0.39 is 0 Å². The molecule has 0 aliphatic heterocycles. The first-order valence-corrected chi connectivity index (χ1v) is 7.71. The van der Waals surface area contributed by atoms with Gasteiger partial charge in [-0.2, -0.15) is 0 Å². The average molecular weight is 283 g/mol. The molecule has 1 fully saturated rings. The van der Waals surface area contributed by atoms with Crippen molar-refractivity contribution >= 4 is 11.7 Å². The quantitative estimate of drug-likeness (QED) is 0.326. The summed E-state index contributed by atoms with van der Waals surface area (Å²) >= 11 is 0. The maximum absolute atomic E-state index is 12.9. The first kappa shape index (κ1) is 16.8. The van der Waals surface area contributed by atoms with Crippen LogP contribution in [0, 0.1) is 11.3 Å². The molecule has 0 radical (unpaired) electrons. The zero-order valence-corrected chi connectivity index (χ0v) is 13.1. The van der Waals surface area contributed by atoms with Gasteiger partial charge in [0.05, 0.1) is 0 Å². The van der Waals surface area contributed by atoms with Crippen molar-refractivity contribution in [2.45, 2.75) is 59.3 Å². The van der Waals surface area contributed by atoms with E-state index in [1.807, 2.05) is 11.8 Å². The third-order valence-electron chi connectivity index (χ3n) is 4.25. The second-order valence-electron chi connectivity index (χ2n) is 6.31. The van der Waals surface area contributed by atoms with E-state index in [4.69, 9.17) is 10.9 Å². The first-order valence-electron chi connectivity index (χ1n) is 7.71. The Hall–Kier alpha value is -1.26. The molecule has 0 aromatic heterocycles. The summed E-state index contributed by atoms with van der Waals surface area (Å²) in [4.78, 5) is 14.8. The normalized spacial score (nSPS) is 18.5. The predicted molar refractivity (Wildman–Crippen MR) is 80.6 cm³/mol. The van der Waals surface area contributed by atoms with Crippen LogP contribution in [0.5, 0.6) is 0 Å². The number of rotatable bonds is 7. The minimum absolute atomic E-state index is 0.171. The number of carbonyl (C=O) groups is 1. The Morgan fingerprint density at radius 3 is 2.45 bits per heavy atom. The highest BCUT2D eigenvalue weighted by Gasteiger charge is 2.43. The summed E-state index contributed by atoms with van der Waals surface area (Å²) in [6.45, 7) is 7.56. The van der Waals surface area contributed by atoms with Crippen molar-refractivity contribution in [2.24, 2.45) is 22.2 Å². The van der Waals surface area contributed by atoms with Crippen molar-refractivity contribution in [3.63, 3.8) is 0 Å². The Labute approximate surface area is 122 Å². The predicted octanol–water partition coefficient (Wildman–Crippen LogP) is 2.58. The molecule has 0 aromatic carbocycles. The zero-order chi connectivity index (χ0) is 15.2. The third-order valence-corrected chi connectivity index (χ3v) is 4.25. The van der Waals surface area contributed by atoms with Crippen molar-refractivity contribution in [2.75, 3.05) is 13.1 Å². The highest BCUT2D eigenvalue weighted by molar-refractivity contribution is 5.84. The third kappa shape index (κ3) is 4.12. The minimum Gasteiger partial charge on any atom is -0.409 e. The maximum atomic E-state index is 12.9. The molecule has 0 unspecified atom stereocenters. The summed E-state index contributed by atoms with van der Waals surface area (Å²) in [5.74, 6) is 0.970. The summed E-state index contributed by atoms with van der Waals surface area (Å²) < 4.78 is 0. The van der Waals surface area contributed by atoms with Crippen molar-refractivity contribution in [3.05, 3.63) is 0 Å². The van der Waals surface area contributed by atoms with Gasteiger partial charge in [-0.15, -0.1) is 0 Å². The number of nitrogens with zero attached hydrogens (tertiary/aromatic N) is 2. The molecule has 0 aromatic rings. The van der Waals surface area contributed by atoms with Crippen molar-refractivity contribution in [1.82, 2.24) is 4.90 Å². The molecule has 0 atom stereocenters. The molecule has 116 valence electrons. The summed E-state index contributed by atoms with van der Waals surface area (Å²) in [5, 5.41) is 11.6. The number of amides is 1. The zero-order valence-electron chi connectivity index (χ0n) is 13.1. The van der Waals surface area contributed by atoms with Crippen LogP contribution >= 0.6 is 0 Å². The molecule has 1 rings (SSSR count). The van der Waals surface area contributed by atoms with Gasteiger partial charge in [0.1, 0.15) is 5.84 Å². The van der Waals surface area contributed by atoms with E-state index >= 15 is 0 Å². The molecule has 0 saturated heterocycles. The Kier molecular flexibility index (Phi) is 6.30. The minimum atomic E-state index is -0.171. The van der Waals surface area contributed by atoms with Gasteiger partial charge >= 0.3 is 0 Å². The fourth-order valence-corrected chi connectivity index (χ4v) is 3.38. The maximum Gasteiger partial charge on any atom is 0.228 e. The van der Waals surface area contributed by atoms with Gasteiger partial charge in [0, 0.05) is 24.9 Å². The number of hydrogen-bond donors (Lipinski definition) is 2. The molecular weight excluding hydrogens is 254 g/mol. The van der Waals surface area contributed by atoms with Crippen LogP contribution in [0.15, 0.2) is 5.16 Å². The second kappa shape index (κ2) is 7.50. The van der Waals surface area contributed by atoms with Crippen molar-refractivity contribution < 1.29 is 10.0 Å². The lowest BCUT2D eigenvalue weighted by Crippen LogP contribution is -2.44. The van der Waals surface area contributed by atoms with Gasteiger partial charge in [0.2, 0.25) is 5.91 Å². The SMILES string of the molecule is CCN(CCC(N)=NO)C(=O)C1(CC(C)C)CCCC1. The van der Waals surface area contributed by atoms with Crippen LogP contribution in [0.25, 0.3) is 0 Å². The summed E-state index contributed by atoms with van der Waals surface area (Å²) in [6.07, 6.45) is 5.69.